The van der Waals surface area contributed by atoms with E-state index in [0.717, 1.165) is 37.9 Å². The second-order valence-electron chi connectivity index (χ2n) is 6.49. The van der Waals surface area contributed by atoms with Gasteiger partial charge in [-0.3, -0.25) is 9.69 Å². The van der Waals surface area contributed by atoms with Gasteiger partial charge in [-0.25, -0.2) is 0 Å². The van der Waals surface area contributed by atoms with Crippen LogP contribution in [0.3, 0.4) is 0 Å². The number of nitrogens with zero attached hydrogens (tertiary/aromatic N) is 1. The van der Waals surface area contributed by atoms with Gasteiger partial charge in [0.1, 0.15) is 0 Å². The van der Waals surface area contributed by atoms with Gasteiger partial charge in [0.05, 0.1) is 6.54 Å². The van der Waals surface area contributed by atoms with E-state index in [2.05, 4.69) is 36.3 Å². The van der Waals surface area contributed by atoms with E-state index in [4.69, 9.17) is 0 Å². The van der Waals surface area contributed by atoms with Crippen LogP contribution < -0.4 is 10.6 Å². The first-order valence-corrected chi connectivity index (χ1v) is 7.24. The van der Waals surface area contributed by atoms with E-state index in [1.165, 1.54) is 13.0 Å². The molecule has 18 heavy (non-hydrogen) atoms. The summed E-state index contributed by atoms with van der Waals surface area (Å²) in [6.45, 7) is 11.3. The van der Waals surface area contributed by atoms with Gasteiger partial charge in [-0.2, -0.15) is 0 Å². The minimum Gasteiger partial charge on any atom is -0.350 e. The summed E-state index contributed by atoms with van der Waals surface area (Å²) >= 11 is 0. The number of piperidine rings is 1. The van der Waals surface area contributed by atoms with Gasteiger partial charge in [-0.05, 0) is 58.2 Å². The third-order valence-corrected chi connectivity index (χ3v) is 4.52. The third-order valence-electron chi connectivity index (χ3n) is 4.52. The number of likely N-dealkylation sites (tertiary alicyclic amines) is 1. The van der Waals surface area contributed by atoms with Crippen LogP contribution in [0.15, 0.2) is 0 Å². The number of rotatable bonds is 4. The molecule has 104 valence electrons. The highest BCUT2D eigenvalue weighted by Gasteiger charge is 2.33. The zero-order chi connectivity index (χ0) is 13.2. The Hall–Kier alpha value is -0.610. The van der Waals surface area contributed by atoms with Crippen molar-refractivity contribution < 1.29 is 4.79 Å². The number of fused-ring (bicyclic) bond motifs is 1. The number of hydrogen-bond acceptors (Lipinski definition) is 3. The lowest BCUT2D eigenvalue weighted by Crippen LogP contribution is -2.50. The van der Waals surface area contributed by atoms with Crippen LogP contribution in [0.4, 0.5) is 0 Å². The molecular formula is C14H27N3O. The van der Waals surface area contributed by atoms with Crippen LogP contribution in [0.25, 0.3) is 0 Å². The summed E-state index contributed by atoms with van der Waals surface area (Å²) in [6, 6.07) is 0. The molecule has 4 heteroatoms. The summed E-state index contributed by atoms with van der Waals surface area (Å²) in [5.41, 5.74) is -0.0790. The maximum Gasteiger partial charge on any atom is 0.234 e. The summed E-state index contributed by atoms with van der Waals surface area (Å²) < 4.78 is 0. The van der Waals surface area contributed by atoms with Gasteiger partial charge >= 0.3 is 0 Å². The first kappa shape index (κ1) is 13.8. The van der Waals surface area contributed by atoms with E-state index in [1.807, 2.05) is 0 Å². The van der Waals surface area contributed by atoms with Crippen molar-refractivity contribution in [1.29, 1.82) is 0 Å². The number of amides is 1. The summed E-state index contributed by atoms with van der Waals surface area (Å²) in [5.74, 6) is 1.77. The highest BCUT2D eigenvalue weighted by molar-refractivity contribution is 5.78. The van der Waals surface area contributed by atoms with Crippen LogP contribution >= 0.6 is 0 Å². The zero-order valence-corrected chi connectivity index (χ0v) is 12.0. The van der Waals surface area contributed by atoms with Crippen LogP contribution in [-0.2, 0) is 4.79 Å². The molecule has 2 fully saturated rings. The molecule has 2 saturated heterocycles. The predicted octanol–water partition coefficient (Wildman–Crippen LogP) is 0.833. The van der Waals surface area contributed by atoms with E-state index >= 15 is 0 Å². The van der Waals surface area contributed by atoms with E-state index in [9.17, 15) is 4.79 Å². The molecule has 2 unspecified atom stereocenters. The largest absolute Gasteiger partial charge is 0.350 e. The molecule has 0 saturated carbocycles. The quantitative estimate of drug-likeness (QED) is 0.780. The molecule has 0 aromatic heterocycles. The normalized spacial score (nSPS) is 29.1. The highest BCUT2D eigenvalue weighted by atomic mass is 16.2. The van der Waals surface area contributed by atoms with Gasteiger partial charge in [-0.1, -0.05) is 6.92 Å². The molecule has 0 spiro atoms. The molecule has 2 rings (SSSR count). The monoisotopic (exact) mass is 253 g/mol. The Morgan fingerprint density at radius 3 is 2.83 bits per heavy atom. The summed E-state index contributed by atoms with van der Waals surface area (Å²) in [6.07, 6.45) is 2.20. The van der Waals surface area contributed by atoms with E-state index in [1.54, 1.807) is 0 Å². The van der Waals surface area contributed by atoms with Crippen molar-refractivity contribution >= 4 is 5.91 Å². The van der Waals surface area contributed by atoms with Crippen LogP contribution in [-0.4, -0.2) is 49.1 Å². The van der Waals surface area contributed by atoms with Gasteiger partial charge < -0.3 is 10.6 Å². The van der Waals surface area contributed by atoms with Crippen molar-refractivity contribution in [3.63, 3.8) is 0 Å². The third kappa shape index (κ3) is 3.45. The number of nitrogens with one attached hydrogen (secondary N) is 2. The molecule has 2 aliphatic heterocycles. The Bertz CT molecular complexity index is 303. The smallest absolute Gasteiger partial charge is 0.234 e. The fourth-order valence-electron chi connectivity index (χ4n) is 2.96. The second-order valence-corrected chi connectivity index (χ2v) is 6.49. The van der Waals surface area contributed by atoms with Crippen LogP contribution in [0.5, 0.6) is 0 Å². The van der Waals surface area contributed by atoms with Crippen molar-refractivity contribution in [3.05, 3.63) is 0 Å². The van der Waals surface area contributed by atoms with Crippen molar-refractivity contribution in [2.24, 2.45) is 11.8 Å². The molecular weight excluding hydrogens is 226 g/mol. The predicted molar refractivity (Wildman–Crippen MR) is 73.4 cm³/mol. The van der Waals surface area contributed by atoms with E-state index in [0.29, 0.717) is 6.54 Å². The molecule has 0 aromatic rings. The number of hydrogen-bond donors (Lipinski definition) is 2. The van der Waals surface area contributed by atoms with Crippen molar-refractivity contribution in [2.75, 3.05) is 32.7 Å². The fourth-order valence-corrected chi connectivity index (χ4v) is 2.96. The minimum atomic E-state index is -0.0790. The zero-order valence-electron chi connectivity index (χ0n) is 12.0. The van der Waals surface area contributed by atoms with E-state index in [-0.39, 0.29) is 11.4 Å². The van der Waals surface area contributed by atoms with Crippen molar-refractivity contribution in [1.82, 2.24) is 15.5 Å². The molecule has 0 aromatic carbocycles. The maximum atomic E-state index is 12.0. The lowest BCUT2D eigenvalue weighted by atomic mass is 9.89. The molecule has 0 aliphatic carbocycles. The first-order valence-electron chi connectivity index (χ1n) is 7.24. The SMILES string of the molecule is CCC(C)(C)NC(=O)CN1CCC2CNCC2C1. The molecule has 4 nitrogen and oxygen atoms in total. The van der Waals surface area contributed by atoms with Gasteiger partial charge in [-0.15, -0.1) is 0 Å². The topological polar surface area (TPSA) is 44.4 Å². The molecule has 1 amide bonds. The van der Waals surface area contributed by atoms with Crippen molar-refractivity contribution in [3.8, 4) is 0 Å². The Morgan fingerprint density at radius 2 is 2.11 bits per heavy atom. The Labute approximate surface area is 110 Å². The Morgan fingerprint density at radius 1 is 1.39 bits per heavy atom. The number of carbonyl (C=O) groups excluding carboxylic acids is 1. The van der Waals surface area contributed by atoms with Gasteiger partial charge in [0.15, 0.2) is 0 Å². The molecule has 0 bridgehead atoms. The van der Waals surface area contributed by atoms with Gasteiger partial charge in [0, 0.05) is 12.1 Å². The molecule has 2 N–H and O–H groups in total. The standard InChI is InChI=1S/C14H27N3O/c1-4-14(2,3)16-13(18)10-17-6-5-11-7-15-8-12(11)9-17/h11-12,15H,4-10H2,1-3H3,(H,16,18). The van der Waals surface area contributed by atoms with Gasteiger partial charge in [0.25, 0.3) is 0 Å². The molecule has 2 heterocycles. The number of carbonyl (C=O) groups is 1. The molecule has 2 atom stereocenters. The van der Waals surface area contributed by atoms with Crippen molar-refractivity contribution in [2.45, 2.75) is 39.2 Å². The van der Waals surface area contributed by atoms with Gasteiger partial charge in [0.2, 0.25) is 5.91 Å². The van der Waals surface area contributed by atoms with Crippen LogP contribution in [0, 0.1) is 11.8 Å². The summed E-state index contributed by atoms with van der Waals surface area (Å²) in [5, 5.41) is 6.57. The summed E-state index contributed by atoms with van der Waals surface area (Å²) in [7, 11) is 0. The maximum absolute atomic E-state index is 12.0. The summed E-state index contributed by atoms with van der Waals surface area (Å²) in [4.78, 5) is 14.3. The highest BCUT2D eigenvalue weighted by Crippen LogP contribution is 2.26. The lowest BCUT2D eigenvalue weighted by molar-refractivity contribution is -0.124. The average molecular weight is 253 g/mol. The molecule has 0 radical (unpaired) electrons. The van der Waals surface area contributed by atoms with Crippen LogP contribution in [0.2, 0.25) is 0 Å². The fraction of sp³-hybridized carbons (Fsp3) is 0.929. The lowest BCUT2D eigenvalue weighted by Gasteiger charge is -2.35. The first-order chi connectivity index (χ1) is 8.50. The van der Waals surface area contributed by atoms with E-state index < -0.39 is 0 Å². The minimum absolute atomic E-state index is 0.0790. The Kier molecular flexibility index (Phi) is 4.28. The second kappa shape index (κ2) is 5.57. The average Bonchev–Trinajstić information content (AvgIpc) is 2.75. The Balaban J connectivity index is 1.78. The molecule has 2 aliphatic rings. The van der Waals surface area contributed by atoms with Crippen LogP contribution in [0.1, 0.15) is 33.6 Å².